The van der Waals surface area contributed by atoms with Crippen LogP contribution in [0.3, 0.4) is 0 Å². The number of hydrogen-bond donors (Lipinski definition) is 2. The highest BCUT2D eigenvalue weighted by Gasteiger charge is 2.16. The second-order valence-electron chi connectivity index (χ2n) is 4.45. The number of thiocarbonyl (C=S) groups is 1. The predicted octanol–water partition coefficient (Wildman–Crippen LogP) is 0.535. The second kappa shape index (κ2) is 6.42. The van der Waals surface area contributed by atoms with Gasteiger partial charge >= 0.3 is 0 Å². The molecule has 6 nitrogen and oxygen atoms in total. The van der Waals surface area contributed by atoms with E-state index in [9.17, 15) is 4.79 Å². The summed E-state index contributed by atoms with van der Waals surface area (Å²) in [5, 5.41) is 10.6. The number of carbonyl (C=O) groups is 1. The first-order valence-corrected chi connectivity index (χ1v) is 6.72. The highest BCUT2D eigenvalue weighted by atomic mass is 32.1. The van der Waals surface area contributed by atoms with Crippen LogP contribution in [0.1, 0.15) is 24.8 Å². The molecule has 0 unspecified atom stereocenters. The fourth-order valence-corrected chi connectivity index (χ4v) is 2.24. The summed E-state index contributed by atoms with van der Waals surface area (Å²) in [5.74, 6) is 0.527. The van der Waals surface area contributed by atoms with E-state index in [2.05, 4.69) is 15.5 Å². The summed E-state index contributed by atoms with van der Waals surface area (Å²) in [6.07, 6.45) is 4.88. The lowest BCUT2D eigenvalue weighted by Gasteiger charge is -2.26. The molecule has 1 fully saturated rings. The zero-order valence-corrected chi connectivity index (χ0v) is 11.4. The number of nitrogens with one attached hydrogen (secondary N) is 1. The molecule has 19 heavy (non-hydrogen) atoms. The van der Waals surface area contributed by atoms with Crippen molar-refractivity contribution in [3.8, 4) is 0 Å². The predicted molar refractivity (Wildman–Crippen MR) is 76.8 cm³/mol. The molecule has 0 aromatic carbocycles. The standard InChI is InChI=1S/C12H17N5OS/c13-11(19)9-4-5-15-16-12(9)14-8-10(18)17-6-2-1-3-7-17/h4-5H,1-3,6-8H2,(H2,13,19)(H,14,16). The van der Waals surface area contributed by atoms with E-state index < -0.39 is 0 Å². The van der Waals surface area contributed by atoms with E-state index in [0.717, 1.165) is 25.9 Å². The SMILES string of the molecule is NC(=S)c1ccnnc1NCC(=O)N1CCCCC1. The Bertz CT molecular complexity index is 473. The number of piperidine rings is 1. The Balaban J connectivity index is 1.94. The Labute approximate surface area is 117 Å². The van der Waals surface area contributed by atoms with Gasteiger partial charge < -0.3 is 16.0 Å². The second-order valence-corrected chi connectivity index (χ2v) is 4.89. The molecule has 1 saturated heterocycles. The molecule has 0 atom stereocenters. The van der Waals surface area contributed by atoms with Crippen molar-refractivity contribution in [2.24, 2.45) is 5.73 Å². The summed E-state index contributed by atoms with van der Waals surface area (Å²) in [6, 6.07) is 1.68. The van der Waals surface area contributed by atoms with Crippen LogP contribution in [-0.4, -0.2) is 45.6 Å². The third kappa shape index (κ3) is 3.60. The quantitative estimate of drug-likeness (QED) is 0.782. The minimum atomic E-state index is 0.0687. The molecule has 3 N–H and O–H groups in total. The topological polar surface area (TPSA) is 84.1 Å². The average Bonchev–Trinajstić information content (AvgIpc) is 2.46. The van der Waals surface area contributed by atoms with E-state index in [4.69, 9.17) is 18.0 Å². The van der Waals surface area contributed by atoms with Crippen molar-refractivity contribution in [1.82, 2.24) is 15.1 Å². The highest BCUT2D eigenvalue weighted by Crippen LogP contribution is 2.11. The van der Waals surface area contributed by atoms with Gasteiger partial charge in [-0.1, -0.05) is 12.2 Å². The third-order valence-corrected chi connectivity index (χ3v) is 3.32. The van der Waals surface area contributed by atoms with E-state index >= 15 is 0 Å². The van der Waals surface area contributed by atoms with Crippen molar-refractivity contribution < 1.29 is 4.79 Å². The lowest BCUT2D eigenvalue weighted by molar-refractivity contribution is -0.130. The van der Waals surface area contributed by atoms with Crippen LogP contribution in [-0.2, 0) is 4.79 Å². The summed E-state index contributed by atoms with van der Waals surface area (Å²) >= 11 is 4.93. The molecule has 2 heterocycles. The zero-order valence-electron chi connectivity index (χ0n) is 10.6. The number of nitrogens with two attached hydrogens (primary N) is 1. The van der Waals surface area contributed by atoms with Crippen molar-refractivity contribution >= 4 is 28.9 Å². The Morgan fingerprint density at radius 2 is 2.16 bits per heavy atom. The number of carbonyl (C=O) groups excluding carboxylic acids is 1. The minimum absolute atomic E-state index is 0.0687. The number of anilines is 1. The van der Waals surface area contributed by atoms with Gasteiger partial charge in [-0.25, -0.2) is 0 Å². The van der Waals surface area contributed by atoms with Gasteiger partial charge in [-0.15, -0.1) is 5.10 Å². The van der Waals surface area contributed by atoms with Crippen molar-refractivity contribution in [2.75, 3.05) is 25.0 Å². The molecule has 1 aliphatic rings. The molecule has 1 aromatic heterocycles. The molecule has 7 heteroatoms. The van der Waals surface area contributed by atoms with Crippen LogP contribution in [0.5, 0.6) is 0 Å². The van der Waals surface area contributed by atoms with Gasteiger partial charge in [0.1, 0.15) is 4.99 Å². The molecular formula is C12H17N5OS. The number of hydrogen-bond acceptors (Lipinski definition) is 5. The molecule has 0 radical (unpaired) electrons. The minimum Gasteiger partial charge on any atom is -0.389 e. The molecule has 1 aromatic rings. The van der Waals surface area contributed by atoms with Crippen LogP contribution in [0.2, 0.25) is 0 Å². The van der Waals surface area contributed by atoms with Gasteiger partial charge in [-0.2, -0.15) is 5.10 Å². The number of amides is 1. The molecule has 0 saturated carbocycles. The van der Waals surface area contributed by atoms with Crippen LogP contribution in [0.15, 0.2) is 12.3 Å². The maximum absolute atomic E-state index is 12.0. The number of nitrogens with zero attached hydrogens (tertiary/aromatic N) is 3. The lowest BCUT2D eigenvalue weighted by Crippen LogP contribution is -2.39. The van der Waals surface area contributed by atoms with Crippen LogP contribution in [0, 0.1) is 0 Å². The molecule has 0 bridgehead atoms. The summed E-state index contributed by atoms with van der Waals surface area (Å²) in [5.41, 5.74) is 6.20. The Morgan fingerprint density at radius 1 is 1.42 bits per heavy atom. The van der Waals surface area contributed by atoms with Gasteiger partial charge in [0, 0.05) is 13.1 Å². The van der Waals surface area contributed by atoms with Gasteiger partial charge in [-0.3, -0.25) is 4.79 Å². The molecule has 1 aliphatic heterocycles. The maximum Gasteiger partial charge on any atom is 0.241 e. The summed E-state index contributed by atoms with van der Waals surface area (Å²) in [7, 11) is 0. The van der Waals surface area contributed by atoms with Gasteiger partial charge in [0.15, 0.2) is 5.82 Å². The van der Waals surface area contributed by atoms with Crippen LogP contribution < -0.4 is 11.1 Å². The van der Waals surface area contributed by atoms with Crippen LogP contribution >= 0.6 is 12.2 Å². The van der Waals surface area contributed by atoms with E-state index in [0.29, 0.717) is 11.4 Å². The molecular weight excluding hydrogens is 262 g/mol. The number of aromatic nitrogens is 2. The van der Waals surface area contributed by atoms with Gasteiger partial charge in [-0.05, 0) is 25.3 Å². The molecule has 0 spiro atoms. The van der Waals surface area contributed by atoms with Crippen LogP contribution in [0.4, 0.5) is 5.82 Å². The van der Waals surface area contributed by atoms with E-state index in [1.54, 1.807) is 6.07 Å². The first kappa shape index (κ1) is 13.7. The normalized spacial score (nSPS) is 15.1. The molecule has 2 rings (SSSR count). The molecule has 1 amide bonds. The monoisotopic (exact) mass is 279 g/mol. The summed E-state index contributed by atoms with van der Waals surface area (Å²) in [6.45, 7) is 1.86. The lowest BCUT2D eigenvalue weighted by atomic mass is 10.1. The van der Waals surface area contributed by atoms with Gasteiger partial charge in [0.25, 0.3) is 0 Å². The largest absolute Gasteiger partial charge is 0.389 e. The molecule has 102 valence electrons. The Morgan fingerprint density at radius 3 is 2.84 bits per heavy atom. The Kier molecular flexibility index (Phi) is 4.62. The smallest absolute Gasteiger partial charge is 0.241 e. The van der Waals surface area contributed by atoms with Crippen molar-refractivity contribution in [3.05, 3.63) is 17.8 Å². The van der Waals surface area contributed by atoms with Crippen LogP contribution in [0.25, 0.3) is 0 Å². The van der Waals surface area contributed by atoms with Gasteiger partial charge in [0.05, 0.1) is 18.3 Å². The number of likely N-dealkylation sites (tertiary alicyclic amines) is 1. The first-order chi connectivity index (χ1) is 9.18. The van der Waals surface area contributed by atoms with E-state index in [1.165, 1.54) is 12.6 Å². The van der Waals surface area contributed by atoms with Crippen molar-refractivity contribution in [3.63, 3.8) is 0 Å². The molecule has 0 aliphatic carbocycles. The number of rotatable bonds is 4. The fourth-order valence-electron chi connectivity index (χ4n) is 2.08. The van der Waals surface area contributed by atoms with Crippen molar-refractivity contribution in [1.29, 1.82) is 0 Å². The first-order valence-electron chi connectivity index (χ1n) is 6.31. The Hall–Kier alpha value is -1.76. The van der Waals surface area contributed by atoms with E-state index in [-0.39, 0.29) is 17.4 Å². The average molecular weight is 279 g/mol. The fraction of sp³-hybridized carbons (Fsp3) is 0.500. The summed E-state index contributed by atoms with van der Waals surface area (Å²) in [4.78, 5) is 14.1. The summed E-state index contributed by atoms with van der Waals surface area (Å²) < 4.78 is 0. The highest BCUT2D eigenvalue weighted by molar-refractivity contribution is 7.80. The zero-order chi connectivity index (χ0) is 13.7. The third-order valence-electron chi connectivity index (χ3n) is 3.10. The van der Waals surface area contributed by atoms with Gasteiger partial charge in [0.2, 0.25) is 5.91 Å². The maximum atomic E-state index is 12.0. The van der Waals surface area contributed by atoms with E-state index in [1.807, 2.05) is 4.90 Å². The van der Waals surface area contributed by atoms with Crippen molar-refractivity contribution in [2.45, 2.75) is 19.3 Å².